The van der Waals surface area contributed by atoms with E-state index in [0.717, 1.165) is 23.1 Å². The van der Waals surface area contributed by atoms with Gasteiger partial charge in [-0.3, -0.25) is 20.2 Å². The van der Waals surface area contributed by atoms with Crippen molar-refractivity contribution in [1.29, 1.82) is 0 Å². The van der Waals surface area contributed by atoms with Gasteiger partial charge >= 0.3 is 0 Å². The Hall–Kier alpha value is -2.93. The van der Waals surface area contributed by atoms with Gasteiger partial charge in [-0.1, -0.05) is 23.8 Å². The Morgan fingerprint density at radius 1 is 1.14 bits per heavy atom. The van der Waals surface area contributed by atoms with Crippen LogP contribution < -0.4 is 5.32 Å². The molecule has 1 aliphatic carbocycles. The molecule has 1 heterocycles. The molecule has 0 saturated carbocycles. The third-order valence-electron chi connectivity index (χ3n) is 5.87. The fraction of sp³-hybridized carbons (Fsp3) is 0.300. The average Bonchev–Trinajstić information content (AvgIpc) is 3.13. The van der Waals surface area contributed by atoms with E-state index in [1.54, 1.807) is 6.07 Å². The lowest BCUT2D eigenvalue weighted by Crippen LogP contribution is -2.30. The molecule has 0 spiro atoms. The lowest BCUT2D eigenvalue weighted by molar-refractivity contribution is -0.384. The van der Waals surface area contributed by atoms with Gasteiger partial charge in [0, 0.05) is 34.7 Å². The molecule has 0 saturated heterocycles. The average molecular weight is 400 g/mol. The summed E-state index contributed by atoms with van der Waals surface area (Å²) in [5.74, 6) is 0.0716. The molecule has 2 aromatic rings. The smallest absolute Gasteiger partial charge is 0.292 e. The van der Waals surface area contributed by atoms with Gasteiger partial charge in [0.1, 0.15) is 5.69 Å². The van der Waals surface area contributed by atoms with E-state index in [2.05, 4.69) is 17.5 Å². The van der Waals surface area contributed by atoms with Gasteiger partial charge in [-0.2, -0.15) is 0 Å². The molecule has 2 aromatic carbocycles. The first-order chi connectivity index (χ1) is 13.3. The molecule has 2 aliphatic rings. The largest absolute Gasteiger partial charge is 0.372 e. The maximum absolute atomic E-state index is 11.7. The summed E-state index contributed by atoms with van der Waals surface area (Å²) in [7, 11) is 0. The first-order valence-corrected chi connectivity index (χ1v) is 9.33. The van der Waals surface area contributed by atoms with Crippen LogP contribution in [-0.4, -0.2) is 9.85 Å². The highest BCUT2D eigenvalue weighted by Gasteiger charge is 2.42. The van der Waals surface area contributed by atoms with Gasteiger partial charge in [0.15, 0.2) is 0 Å². The van der Waals surface area contributed by atoms with E-state index < -0.39 is 4.92 Å². The predicted molar refractivity (Wildman–Crippen MR) is 107 cm³/mol. The molecular formula is C20H18ClN3O4. The van der Waals surface area contributed by atoms with Crippen molar-refractivity contribution in [3.05, 3.63) is 83.9 Å². The molecule has 0 fully saturated rings. The number of halogens is 1. The highest BCUT2D eigenvalue weighted by molar-refractivity contribution is 6.31. The van der Waals surface area contributed by atoms with E-state index in [0.29, 0.717) is 16.3 Å². The summed E-state index contributed by atoms with van der Waals surface area (Å²) >= 11 is 6.39. The number of benzene rings is 2. The summed E-state index contributed by atoms with van der Waals surface area (Å²) in [4.78, 5) is 22.1. The standard InChI is InChI=1S/C20H18ClN3O4/c1-10-8-17(24(27)28)20-18(11(10)2)13-4-3-5-14(13)19(22-20)15-9-12(23(25)26)6-7-16(15)21/h3-4,6-9,13-14,19,22H,5H2,1-2H3/t13-,14-,19-/m1/s1. The van der Waals surface area contributed by atoms with Crippen LogP contribution in [-0.2, 0) is 0 Å². The number of nitro benzene ring substituents is 2. The number of hydrogen-bond acceptors (Lipinski definition) is 5. The quantitative estimate of drug-likeness (QED) is 0.411. The fourth-order valence-corrected chi connectivity index (χ4v) is 4.65. The normalized spacial score (nSPS) is 22.3. The number of aryl methyl sites for hydroxylation is 1. The maximum atomic E-state index is 11.7. The van der Waals surface area contributed by atoms with Crippen LogP contribution in [0, 0.1) is 40.0 Å². The minimum atomic E-state index is -0.461. The molecule has 0 radical (unpaired) electrons. The van der Waals surface area contributed by atoms with Crippen molar-refractivity contribution < 1.29 is 9.85 Å². The third-order valence-corrected chi connectivity index (χ3v) is 6.21. The van der Waals surface area contributed by atoms with Crippen LogP contribution in [0.5, 0.6) is 0 Å². The van der Waals surface area contributed by atoms with Gasteiger partial charge in [0.2, 0.25) is 0 Å². The van der Waals surface area contributed by atoms with E-state index in [9.17, 15) is 20.2 Å². The Morgan fingerprint density at radius 3 is 2.57 bits per heavy atom. The highest BCUT2D eigenvalue weighted by Crippen LogP contribution is 2.54. The molecule has 8 heteroatoms. The van der Waals surface area contributed by atoms with Crippen molar-refractivity contribution in [2.45, 2.75) is 32.2 Å². The molecule has 0 amide bonds. The first kappa shape index (κ1) is 18.4. The van der Waals surface area contributed by atoms with Gasteiger partial charge in [-0.05, 0) is 48.9 Å². The summed E-state index contributed by atoms with van der Waals surface area (Å²) in [6, 6.07) is 5.56. The summed E-state index contributed by atoms with van der Waals surface area (Å²) in [5.41, 5.74) is 3.87. The Kier molecular flexibility index (Phi) is 4.34. The van der Waals surface area contributed by atoms with Gasteiger partial charge in [0.05, 0.1) is 15.9 Å². The highest BCUT2D eigenvalue weighted by atomic mass is 35.5. The molecule has 3 atom stereocenters. The molecule has 0 bridgehead atoms. The monoisotopic (exact) mass is 399 g/mol. The number of nitro groups is 2. The zero-order chi connectivity index (χ0) is 20.2. The zero-order valence-corrected chi connectivity index (χ0v) is 16.1. The van der Waals surface area contributed by atoms with Crippen LogP contribution >= 0.6 is 11.6 Å². The number of nitrogens with one attached hydrogen (secondary N) is 1. The number of non-ortho nitro benzene ring substituents is 1. The minimum absolute atomic E-state index is 0.00446. The van der Waals surface area contributed by atoms with Crippen molar-refractivity contribution in [3.8, 4) is 0 Å². The minimum Gasteiger partial charge on any atom is -0.372 e. The van der Waals surface area contributed by atoms with Gasteiger partial charge in [-0.15, -0.1) is 0 Å². The molecule has 0 aromatic heterocycles. The number of nitrogens with zero attached hydrogens (tertiary/aromatic N) is 2. The lowest BCUT2D eigenvalue weighted by atomic mass is 9.74. The Bertz CT molecular complexity index is 1050. The molecule has 7 nitrogen and oxygen atoms in total. The van der Waals surface area contributed by atoms with Gasteiger partial charge in [0.25, 0.3) is 11.4 Å². The lowest BCUT2D eigenvalue weighted by Gasteiger charge is -2.38. The van der Waals surface area contributed by atoms with Crippen LogP contribution in [0.25, 0.3) is 0 Å². The third kappa shape index (κ3) is 2.74. The molecule has 4 rings (SSSR count). The molecule has 28 heavy (non-hydrogen) atoms. The second kappa shape index (κ2) is 6.60. The fourth-order valence-electron chi connectivity index (χ4n) is 4.42. The SMILES string of the molecule is Cc1cc([N+](=O)[O-])c2c(c1C)[C@@H]1C=CC[C@H]1[C@H](c1cc([N+](=O)[O-])ccc1Cl)N2. The van der Waals surface area contributed by atoms with Crippen molar-refractivity contribution in [3.63, 3.8) is 0 Å². The summed E-state index contributed by atoms with van der Waals surface area (Å²) in [5, 5.41) is 26.7. The van der Waals surface area contributed by atoms with E-state index in [1.165, 1.54) is 18.2 Å². The van der Waals surface area contributed by atoms with Crippen LogP contribution in [0.4, 0.5) is 17.1 Å². The molecule has 144 valence electrons. The second-order valence-electron chi connectivity index (χ2n) is 7.32. The number of fused-ring (bicyclic) bond motifs is 3. The van der Waals surface area contributed by atoms with Crippen LogP contribution in [0.2, 0.25) is 5.02 Å². The maximum Gasteiger partial charge on any atom is 0.292 e. The van der Waals surface area contributed by atoms with E-state index in [1.807, 2.05) is 13.8 Å². The Labute approximate surface area is 166 Å². The van der Waals surface area contributed by atoms with Crippen molar-refractivity contribution in [2.24, 2.45) is 5.92 Å². The second-order valence-corrected chi connectivity index (χ2v) is 7.73. The summed E-state index contributed by atoms with van der Waals surface area (Å²) in [6.07, 6.45) is 4.92. The number of hydrogen-bond donors (Lipinski definition) is 1. The van der Waals surface area contributed by atoms with Gasteiger partial charge in [-0.25, -0.2) is 0 Å². The predicted octanol–water partition coefficient (Wildman–Crippen LogP) is 5.60. The van der Waals surface area contributed by atoms with E-state index in [-0.39, 0.29) is 34.2 Å². The van der Waals surface area contributed by atoms with Crippen LogP contribution in [0.3, 0.4) is 0 Å². The number of anilines is 1. The summed E-state index contributed by atoms with van der Waals surface area (Å²) < 4.78 is 0. The number of allylic oxidation sites excluding steroid dienone is 2. The van der Waals surface area contributed by atoms with Crippen molar-refractivity contribution in [2.75, 3.05) is 5.32 Å². The van der Waals surface area contributed by atoms with Gasteiger partial charge < -0.3 is 5.32 Å². The summed E-state index contributed by atoms with van der Waals surface area (Å²) in [6.45, 7) is 3.85. The Balaban J connectivity index is 1.92. The van der Waals surface area contributed by atoms with Crippen LogP contribution in [0.15, 0.2) is 36.4 Å². The molecule has 1 N–H and O–H groups in total. The van der Waals surface area contributed by atoms with Crippen molar-refractivity contribution >= 4 is 28.7 Å². The topological polar surface area (TPSA) is 98.3 Å². The molecule has 0 unspecified atom stereocenters. The van der Waals surface area contributed by atoms with Crippen molar-refractivity contribution in [1.82, 2.24) is 0 Å². The van der Waals surface area contributed by atoms with Crippen LogP contribution in [0.1, 0.15) is 40.6 Å². The molecular weight excluding hydrogens is 382 g/mol. The molecule has 1 aliphatic heterocycles. The van der Waals surface area contributed by atoms with E-state index >= 15 is 0 Å². The first-order valence-electron chi connectivity index (χ1n) is 8.95. The Morgan fingerprint density at radius 2 is 1.89 bits per heavy atom. The number of rotatable bonds is 3. The van der Waals surface area contributed by atoms with E-state index in [4.69, 9.17) is 11.6 Å². The zero-order valence-electron chi connectivity index (χ0n) is 15.3.